The van der Waals surface area contributed by atoms with Crippen LogP contribution in [-0.4, -0.2) is 17.1 Å². The van der Waals surface area contributed by atoms with Crippen LogP contribution in [0.5, 0.6) is 0 Å². The van der Waals surface area contributed by atoms with Gasteiger partial charge in [-0.1, -0.05) is 0 Å². The Balaban J connectivity index is 3.04. The lowest BCUT2D eigenvalue weighted by molar-refractivity contribution is -0.384. The van der Waals surface area contributed by atoms with Crippen molar-refractivity contribution in [3.8, 4) is 0 Å². The van der Waals surface area contributed by atoms with Gasteiger partial charge in [-0.15, -0.1) is 0 Å². The van der Waals surface area contributed by atoms with Gasteiger partial charge in [0.05, 0.1) is 4.92 Å². The maximum atomic E-state index is 12.7. The molecule has 0 aliphatic rings. The highest BCUT2D eigenvalue weighted by atomic mass is 19.4. The van der Waals surface area contributed by atoms with Crippen molar-refractivity contribution < 1.29 is 18.1 Å². The first kappa shape index (κ1) is 15.0. The van der Waals surface area contributed by atoms with Crippen molar-refractivity contribution in [2.45, 2.75) is 26.1 Å². The fraction of sp³-hybridized carbons (Fsp3) is 0.333. The third-order valence-electron chi connectivity index (χ3n) is 2.16. The van der Waals surface area contributed by atoms with E-state index >= 15 is 0 Å². The minimum absolute atomic E-state index is 0.164. The number of alkyl halides is 3. The number of allylic oxidation sites excluding steroid dienone is 1. The molecule has 0 fully saturated rings. The molecular weight excluding hydrogens is 261 g/mol. The second-order valence-corrected chi connectivity index (χ2v) is 4.20. The van der Waals surface area contributed by atoms with E-state index in [-0.39, 0.29) is 17.3 Å². The lowest BCUT2D eigenvalue weighted by Crippen LogP contribution is -2.31. The maximum Gasteiger partial charge on any atom is 0.430 e. The van der Waals surface area contributed by atoms with Gasteiger partial charge in [0.15, 0.2) is 0 Å². The first-order chi connectivity index (χ1) is 8.70. The summed E-state index contributed by atoms with van der Waals surface area (Å²) in [7, 11) is 0. The number of hydrogen-bond acceptors (Lipinski definition) is 3. The van der Waals surface area contributed by atoms with Gasteiger partial charge in [0.1, 0.15) is 5.70 Å². The molecule has 0 unspecified atom stereocenters. The first-order valence-electron chi connectivity index (χ1n) is 5.50. The Kier molecular flexibility index (Phi) is 4.52. The second-order valence-electron chi connectivity index (χ2n) is 4.20. The van der Waals surface area contributed by atoms with Gasteiger partial charge in [0, 0.05) is 18.2 Å². The smallest absolute Gasteiger partial charge is 0.379 e. The van der Waals surface area contributed by atoms with E-state index in [4.69, 9.17) is 0 Å². The fourth-order valence-electron chi connectivity index (χ4n) is 1.38. The summed E-state index contributed by atoms with van der Waals surface area (Å²) in [6.45, 7) is 3.19. The largest absolute Gasteiger partial charge is 0.430 e. The average molecular weight is 274 g/mol. The molecule has 1 aromatic rings. The molecule has 0 aliphatic carbocycles. The van der Waals surface area contributed by atoms with Crippen molar-refractivity contribution in [1.82, 2.24) is 5.32 Å². The fourth-order valence-corrected chi connectivity index (χ4v) is 1.38. The molecule has 7 heteroatoms. The van der Waals surface area contributed by atoms with Crippen LogP contribution in [0.25, 0.3) is 6.08 Å². The monoisotopic (exact) mass is 274 g/mol. The zero-order valence-electron chi connectivity index (χ0n) is 10.4. The summed E-state index contributed by atoms with van der Waals surface area (Å²) >= 11 is 0. The Morgan fingerprint density at radius 1 is 1.32 bits per heavy atom. The van der Waals surface area contributed by atoms with Gasteiger partial charge in [-0.2, -0.15) is 13.2 Å². The molecule has 104 valence electrons. The molecule has 0 radical (unpaired) electrons. The van der Waals surface area contributed by atoms with Gasteiger partial charge < -0.3 is 5.32 Å². The molecule has 1 rings (SSSR count). The zero-order chi connectivity index (χ0) is 14.6. The number of halogens is 3. The van der Waals surface area contributed by atoms with Crippen molar-refractivity contribution in [1.29, 1.82) is 0 Å². The van der Waals surface area contributed by atoms with Crippen LogP contribution in [0.15, 0.2) is 30.0 Å². The summed E-state index contributed by atoms with van der Waals surface area (Å²) in [4.78, 5) is 9.83. The summed E-state index contributed by atoms with van der Waals surface area (Å²) in [5.74, 6) is 0. The molecule has 1 N–H and O–H groups in total. The summed E-state index contributed by atoms with van der Waals surface area (Å²) in [6.07, 6.45) is -3.57. The minimum Gasteiger partial charge on any atom is -0.379 e. The van der Waals surface area contributed by atoms with E-state index in [1.807, 2.05) is 0 Å². The maximum absolute atomic E-state index is 12.7. The van der Waals surface area contributed by atoms with Crippen LogP contribution >= 0.6 is 0 Å². The Hall–Kier alpha value is -2.05. The van der Waals surface area contributed by atoms with Gasteiger partial charge in [-0.25, -0.2) is 0 Å². The Morgan fingerprint density at radius 2 is 1.84 bits per heavy atom. The zero-order valence-corrected chi connectivity index (χ0v) is 10.4. The molecule has 0 aliphatic heterocycles. The van der Waals surface area contributed by atoms with Gasteiger partial charge >= 0.3 is 6.18 Å². The summed E-state index contributed by atoms with van der Waals surface area (Å²) in [6, 6.07) is 4.49. The van der Waals surface area contributed by atoms with Crippen LogP contribution < -0.4 is 5.32 Å². The number of nitro groups is 1. The molecule has 0 heterocycles. The number of rotatable bonds is 4. The van der Waals surface area contributed by atoms with Crippen molar-refractivity contribution in [3.05, 3.63) is 45.6 Å². The van der Waals surface area contributed by atoms with Gasteiger partial charge in [-0.3, -0.25) is 10.1 Å². The highest BCUT2D eigenvalue weighted by molar-refractivity contribution is 5.55. The van der Waals surface area contributed by atoms with Crippen LogP contribution in [-0.2, 0) is 0 Å². The first-order valence-corrected chi connectivity index (χ1v) is 5.50. The highest BCUT2D eigenvalue weighted by Crippen LogP contribution is 2.26. The van der Waals surface area contributed by atoms with Crippen molar-refractivity contribution >= 4 is 11.8 Å². The minimum atomic E-state index is -4.49. The van der Waals surface area contributed by atoms with Crippen molar-refractivity contribution in [3.63, 3.8) is 0 Å². The summed E-state index contributed by atoms with van der Waals surface area (Å²) < 4.78 is 38.2. The Bertz CT molecular complexity index is 479. The molecule has 1 aromatic carbocycles. The van der Waals surface area contributed by atoms with Gasteiger partial charge in [0.25, 0.3) is 5.69 Å². The standard InChI is InChI=1S/C12H13F3N2O2/c1-8(2)16-11(12(13,14)15)7-9-3-5-10(6-4-9)17(18)19/h3-8,16H,1-2H3/b11-7+. The van der Waals surface area contributed by atoms with Crippen LogP contribution in [0.4, 0.5) is 18.9 Å². The molecule has 0 spiro atoms. The second kappa shape index (κ2) is 5.73. The van der Waals surface area contributed by atoms with E-state index in [1.165, 1.54) is 12.1 Å². The Labute approximate surface area is 108 Å². The number of non-ortho nitro benzene ring substituents is 1. The van der Waals surface area contributed by atoms with Crippen LogP contribution in [0, 0.1) is 10.1 Å². The molecule has 19 heavy (non-hydrogen) atoms. The number of nitrogens with zero attached hydrogens (tertiary/aromatic N) is 1. The van der Waals surface area contributed by atoms with Crippen LogP contribution in [0.3, 0.4) is 0 Å². The molecule has 0 saturated heterocycles. The van der Waals surface area contributed by atoms with E-state index in [1.54, 1.807) is 13.8 Å². The van der Waals surface area contributed by atoms with Crippen molar-refractivity contribution in [2.75, 3.05) is 0 Å². The number of nitrogens with one attached hydrogen (secondary N) is 1. The number of benzene rings is 1. The third-order valence-corrected chi connectivity index (χ3v) is 2.16. The number of nitro benzene ring substituents is 1. The lowest BCUT2D eigenvalue weighted by atomic mass is 10.1. The highest BCUT2D eigenvalue weighted by Gasteiger charge is 2.34. The molecule has 0 saturated carbocycles. The van der Waals surface area contributed by atoms with Crippen molar-refractivity contribution in [2.24, 2.45) is 0 Å². The van der Waals surface area contributed by atoms with E-state index in [0.717, 1.165) is 18.2 Å². The normalized spacial score (nSPS) is 12.6. The van der Waals surface area contributed by atoms with E-state index in [2.05, 4.69) is 5.32 Å². The van der Waals surface area contributed by atoms with Gasteiger partial charge in [-0.05, 0) is 37.6 Å². The molecule has 0 bridgehead atoms. The predicted octanol–water partition coefficient (Wildman–Crippen LogP) is 3.50. The molecule has 0 amide bonds. The topological polar surface area (TPSA) is 55.2 Å². The van der Waals surface area contributed by atoms with E-state index in [9.17, 15) is 23.3 Å². The lowest BCUT2D eigenvalue weighted by Gasteiger charge is -2.17. The molecule has 0 atom stereocenters. The third kappa shape index (κ3) is 4.61. The van der Waals surface area contributed by atoms with E-state index in [0.29, 0.717) is 0 Å². The number of hydrogen-bond donors (Lipinski definition) is 1. The quantitative estimate of drug-likeness (QED) is 0.675. The molecule has 4 nitrogen and oxygen atoms in total. The van der Waals surface area contributed by atoms with Crippen LogP contribution in [0.2, 0.25) is 0 Å². The van der Waals surface area contributed by atoms with Crippen LogP contribution in [0.1, 0.15) is 19.4 Å². The van der Waals surface area contributed by atoms with E-state index < -0.39 is 16.8 Å². The molecule has 0 aromatic heterocycles. The Morgan fingerprint density at radius 3 is 2.21 bits per heavy atom. The molecular formula is C12H13F3N2O2. The van der Waals surface area contributed by atoms with Gasteiger partial charge in [0.2, 0.25) is 0 Å². The summed E-state index contributed by atoms with van der Waals surface area (Å²) in [5, 5.41) is 12.7. The predicted molar refractivity (Wildman–Crippen MR) is 65.4 cm³/mol. The average Bonchev–Trinajstić information content (AvgIpc) is 2.27. The summed E-state index contributed by atoms with van der Waals surface area (Å²) in [5.41, 5.74) is -0.801. The SMILES string of the molecule is CC(C)N/C(=C/c1ccc([N+](=O)[O-])cc1)C(F)(F)F.